The Morgan fingerprint density at radius 1 is 1.69 bits per heavy atom. The highest BCUT2D eigenvalue weighted by atomic mass is 19.1. The first-order chi connectivity index (χ1) is 6.16. The molecule has 70 valence electrons. The van der Waals surface area contributed by atoms with Crippen molar-refractivity contribution in [2.45, 2.75) is 6.17 Å². The van der Waals surface area contributed by atoms with E-state index in [1.54, 1.807) is 24.1 Å². The van der Waals surface area contributed by atoms with Gasteiger partial charge in [0.15, 0.2) is 0 Å². The van der Waals surface area contributed by atoms with Crippen LogP contribution in [-0.2, 0) is 7.05 Å². The number of amides is 1. The fourth-order valence-electron chi connectivity index (χ4n) is 1.28. The van der Waals surface area contributed by atoms with Gasteiger partial charge in [0.05, 0.1) is 19.4 Å². The lowest BCUT2D eigenvalue weighted by molar-refractivity contribution is 0.0395. The molecular formula is C8H10FN3O. The number of alkyl halides is 1. The lowest BCUT2D eigenvalue weighted by Crippen LogP contribution is -2.51. The molecule has 2 rings (SSSR count). The van der Waals surface area contributed by atoms with Crippen molar-refractivity contribution in [1.82, 2.24) is 14.5 Å². The Labute approximate surface area is 75.0 Å². The lowest BCUT2D eigenvalue weighted by atomic mass is 10.2. The van der Waals surface area contributed by atoms with Gasteiger partial charge in [0.2, 0.25) is 0 Å². The van der Waals surface area contributed by atoms with Crippen LogP contribution in [0.3, 0.4) is 0 Å². The van der Waals surface area contributed by atoms with E-state index in [0.29, 0.717) is 5.69 Å². The van der Waals surface area contributed by atoms with Gasteiger partial charge in [-0.2, -0.15) is 0 Å². The molecule has 1 aromatic rings. The Balaban J connectivity index is 2.06. The summed E-state index contributed by atoms with van der Waals surface area (Å²) in [7, 11) is 1.79. The van der Waals surface area contributed by atoms with Crippen LogP contribution in [0, 0.1) is 0 Å². The smallest absolute Gasteiger partial charge is 0.274 e. The largest absolute Gasteiger partial charge is 0.340 e. The van der Waals surface area contributed by atoms with Gasteiger partial charge in [-0.1, -0.05) is 0 Å². The summed E-state index contributed by atoms with van der Waals surface area (Å²) in [5, 5.41) is 0. The van der Waals surface area contributed by atoms with Gasteiger partial charge in [-0.05, 0) is 0 Å². The second kappa shape index (κ2) is 2.83. The first-order valence-corrected chi connectivity index (χ1v) is 4.08. The second-order valence-electron chi connectivity index (χ2n) is 3.23. The first-order valence-electron chi connectivity index (χ1n) is 4.08. The second-order valence-corrected chi connectivity index (χ2v) is 3.23. The molecular weight excluding hydrogens is 173 g/mol. The van der Waals surface area contributed by atoms with Crippen LogP contribution in [0.1, 0.15) is 10.5 Å². The molecule has 0 spiro atoms. The predicted molar refractivity (Wildman–Crippen MR) is 44.0 cm³/mol. The Bertz CT molecular complexity index is 330. The maximum atomic E-state index is 12.4. The van der Waals surface area contributed by atoms with Gasteiger partial charge in [0.1, 0.15) is 11.9 Å². The molecule has 1 saturated heterocycles. The van der Waals surface area contributed by atoms with Gasteiger partial charge in [0.25, 0.3) is 5.91 Å². The average Bonchev–Trinajstić information content (AvgIpc) is 2.45. The van der Waals surface area contributed by atoms with E-state index < -0.39 is 6.17 Å². The molecule has 0 bridgehead atoms. The van der Waals surface area contributed by atoms with Gasteiger partial charge >= 0.3 is 0 Å². The van der Waals surface area contributed by atoms with Crippen molar-refractivity contribution in [2.24, 2.45) is 7.05 Å². The number of rotatable bonds is 1. The molecule has 2 heterocycles. The molecule has 0 radical (unpaired) electrons. The Morgan fingerprint density at radius 2 is 2.38 bits per heavy atom. The van der Waals surface area contributed by atoms with E-state index >= 15 is 0 Å². The number of imidazole rings is 1. The molecule has 1 aromatic heterocycles. The molecule has 0 N–H and O–H groups in total. The number of aryl methyl sites for hydroxylation is 1. The third-order valence-electron chi connectivity index (χ3n) is 2.05. The molecule has 0 saturated carbocycles. The summed E-state index contributed by atoms with van der Waals surface area (Å²) in [6.07, 6.45) is 2.33. The van der Waals surface area contributed by atoms with Crippen molar-refractivity contribution in [3.63, 3.8) is 0 Å². The summed E-state index contributed by atoms with van der Waals surface area (Å²) in [5.41, 5.74) is 0.384. The monoisotopic (exact) mass is 183 g/mol. The first kappa shape index (κ1) is 8.22. The van der Waals surface area contributed by atoms with Crippen LogP contribution in [0.2, 0.25) is 0 Å². The summed E-state index contributed by atoms with van der Waals surface area (Å²) in [6, 6.07) is 0. The highest BCUT2D eigenvalue weighted by Gasteiger charge is 2.31. The van der Waals surface area contributed by atoms with E-state index in [1.807, 2.05) is 0 Å². The molecule has 1 amide bonds. The van der Waals surface area contributed by atoms with Gasteiger partial charge in [-0.3, -0.25) is 4.79 Å². The molecule has 0 aliphatic carbocycles. The molecule has 13 heavy (non-hydrogen) atoms. The van der Waals surface area contributed by atoms with E-state index in [9.17, 15) is 9.18 Å². The Kier molecular flexibility index (Phi) is 1.79. The molecule has 1 aliphatic rings. The van der Waals surface area contributed by atoms with E-state index in [4.69, 9.17) is 0 Å². The number of carbonyl (C=O) groups is 1. The van der Waals surface area contributed by atoms with E-state index in [2.05, 4.69) is 4.98 Å². The molecule has 5 heteroatoms. The van der Waals surface area contributed by atoms with Gasteiger partial charge < -0.3 is 9.47 Å². The molecule has 1 aliphatic heterocycles. The Morgan fingerprint density at radius 3 is 2.85 bits per heavy atom. The van der Waals surface area contributed by atoms with Gasteiger partial charge in [-0.15, -0.1) is 0 Å². The third-order valence-corrected chi connectivity index (χ3v) is 2.05. The van der Waals surface area contributed by atoms with Crippen molar-refractivity contribution < 1.29 is 9.18 Å². The summed E-state index contributed by atoms with van der Waals surface area (Å²) < 4.78 is 14.1. The van der Waals surface area contributed by atoms with Crippen molar-refractivity contribution in [3.8, 4) is 0 Å². The van der Waals surface area contributed by atoms with Crippen molar-refractivity contribution in [2.75, 3.05) is 13.1 Å². The fraction of sp³-hybridized carbons (Fsp3) is 0.500. The van der Waals surface area contributed by atoms with Crippen LogP contribution in [0.25, 0.3) is 0 Å². The van der Waals surface area contributed by atoms with E-state index in [-0.39, 0.29) is 19.0 Å². The minimum atomic E-state index is -0.854. The number of hydrogen-bond donors (Lipinski definition) is 0. The number of halogens is 1. The number of aromatic nitrogens is 2. The van der Waals surface area contributed by atoms with Gasteiger partial charge in [0, 0.05) is 13.2 Å². The van der Waals surface area contributed by atoms with Gasteiger partial charge in [-0.25, -0.2) is 9.37 Å². The summed E-state index contributed by atoms with van der Waals surface area (Å²) in [5.74, 6) is -0.186. The highest BCUT2D eigenvalue weighted by Crippen LogP contribution is 2.14. The van der Waals surface area contributed by atoms with Crippen LogP contribution >= 0.6 is 0 Å². The number of nitrogens with zero attached hydrogens (tertiary/aromatic N) is 3. The van der Waals surface area contributed by atoms with Crippen molar-refractivity contribution in [1.29, 1.82) is 0 Å². The third kappa shape index (κ3) is 1.41. The molecule has 0 aromatic carbocycles. The van der Waals surface area contributed by atoms with Crippen LogP contribution in [0.15, 0.2) is 12.5 Å². The van der Waals surface area contributed by atoms with E-state index in [0.717, 1.165) is 0 Å². The quantitative estimate of drug-likeness (QED) is 0.624. The topological polar surface area (TPSA) is 38.1 Å². The minimum absolute atomic E-state index is 0.186. The SMILES string of the molecule is Cn1cnc(C(=O)N2CC(F)C2)c1. The molecule has 0 unspecified atom stereocenters. The van der Waals surface area contributed by atoms with Crippen molar-refractivity contribution in [3.05, 3.63) is 18.2 Å². The van der Waals surface area contributed by atoms with E-state index in [1.165, 1.54) is 4.90 Å². The molecule has 1 fully saturated rings. The maximum absolute atomic E-state index is 12.4. The zero-order chi connectivity index (χ0) is 9.42. The summed E-state index contributed by atoms with van der Waals surface area (Å²) in [4.78, 5) is 16.8. The minimum Gasteiger partial charge on any atom is -0.340 e. The van der Waals surface area contributed by atoms with Crippen LogP contribution in [0.4, 0.5) is 4.39 Å². The van der Waals surface area contributed by atoms with Crippen LogP contribution in [-0.4, -0.2) is 39.6 Å². The predicted octanol–water partition coefficient (Wildman–Crippen LogP) is 0.214. The maximum Gasteiger partial charge on any atom is 0.274 e. The normalized spacial score (nSPS) is 17.2. The lowest BCUT2D eigenvalue weighted by Gasteiger charge is -2.33. The summed E-state index contributed by atoms with van der Waals surface area (Å²) >= 11 is 0. The average molecular weight is 183 g/mol. The van der Waals surface area contributed by atoms with Crippen LogP contribution in [0.5, 0.6) is 0 Å². The zero-order valence-electron chi connectivity index (χ0n) is 7.27. The standard InChI is InChI=1S/C8H10FN3O/c1-11-4-7(10-5-11)8(13)12-2-6(9)3-12/h4-6H,2-3H2,1H3. The number of likely N-dealkylation sites (tertiary alicyclic amines) is 1. The number of carbonyl (C=O) groups excluding carboxylic acids is 1. The molecule has 4 nitrogen and oxygen atoms in total. The van der Waals surface area contributed by atoms with Crippen molar-refractivity contribution >= 4 is 5.91 Å². The Hall–Kier alpha value is -1.39. The number of hydrogen-bond acceptors (Lipinski definition) is 2. The van der Waals surface area contributed by atoms with Crippen LogP contribution < -0.4 is 0 Å². The fourth-order valence-corrected chi connectivity index (χ4v) is 1.28. The zero-order valence-corrected chi connectivity index (χ0v) is 7.27. The molecule has 0 atom stereocenters. The summed E-state index contributed by atoms with van der Waals surface area (Å²) in [6.45, 7) is 0.408. The highest BCUT2D eigenvalue weighted by molar-refractivity contribution is 5.92.